The van der Waals surface area contributed by atoms with Gasteiger partial charge in [0.1, 0.15) is 0 Å². The van der Waals surface area contributed by atoms with Crippen molar-refractivity contribution >= 4 is 5.97 Å². The topological polar surface area (TPSA) is 58.6 Å². The van der Waals surface area contributed by atoms with Crippen molar-refractivity contribution in [2.24, 2.45) is 5.41 Å². The lowest BCUT2D eigenvalue weighted by Gasteiger charge is -2.42. The van der Waals surface area contributed by atoms with Crippen LogP contribution >= 0.6 is 0 Å². The molecule has 0 atom stereocenters. The van der Waals surface area contributed by atoms with Gasteiger partial charge in [0.2, 0.25) is 0 Å². The summed E-state index contributed by atoms with van der Waals surface area (Å²) in [5, 5.41) is 12.2. The maximum absolute atomic E-state index is 13.5. The Kier molecular flexibility index (Phi) is 3.75. The molecule has 1 aliphatic rings. The van der Waals surface area contributed by atoms with E-state index in [-0.39, 0.29) is 17.6 Å². The second kappa shape index (κ2) is 5.17. The number of methoxy groups -OCH3 is 1. The highest BCUT2D eigenvalue weighted by atomic mass is 19.1. The van der Waals surface area contributed by atoms with Gasteiger partial charge >= 0.3 is 5.97 Å². The number of nitrogens with one attached hydrogen (secondary N) is 1. The lowest BCUT2D eigenvalue weighted by atomic mass is 9.67. The molecule has 0 bridgehead atoms. The van der Waals surface area contributed by atoms with Gasteiger partial charge < -0.3 is 15.2 Å². The van der Waals surface area contributed by atoms with Gasteiger partial charge in [-0.25, -0.2) is 4.39 Å². The van der Waals surface area contributed by atoms with Gasteiger partial charge in [-0.2, -0.15) is 0 Å². The van der Waals surface area contributed by atoms with Crippen molar-refractivity contribution in [2.45, 2.75) is 32.4 Å². The van der Waals surface area contributed by atoms with Crippen molar-refractivity contribution in [3.63, 3.8) is 0 Å². The monoisotopic (exact) mass is 267 g/mol. The van der Waals surface area contributed by atoms with E-state index in [4.69, 9.17) is 9.84 Å². The number of halogens is 1. The first kappa shape index (κ1) is 13.8. The number of benzene rings is 1. The molecule has 5 heteroatoms. The third-order valence-corrected chi connectivity index (χ3v) is 3.72. The molecule has 1 fully saturated rings. The van der Waals surface area contributed by atoms with Crippen LogP contribution in [0.15, 0.2) is 18.2 Å². The summed E-state index contributed by atoms with van der Waals surface area (Å²) < 4.78 is 18.3. The molecule has 0 heterocycles. The van der Waals surface area contributed by atoms with E-state index in [1.165, 1.54) is 13.2 Å². The van der Waals surface area contributed by atoms with Crippen LogP contribution < -0.4 is 10.1 Å². The SMILES string of the molecule is COc1ccc(CNC2CC(C)(C(=O)O)C2)cc1F. The van der Waals surface area contributed by atoms with Crippen LogP contribution in [0.4, 0.5) is 4.39 Å². The summed E-state index contributed by atoms with van der Waals surface area (Å²) in [5.41, 5.74) is 0.213. The standard InChI is InChI=1S/C14H18FNO3/c1-14(13(17)18)6-10(7-14)16-8-9-3-4-12(19-2)11(15)5-9/h3-5,10,16H,6-8H2,1-2H3,(H,17,18). The number of aliphatic carboxylic acids is 1. The van der Waals surface area contributed by atoms with E-state index >= 15 is 0 Å². The molecule has 0 aliphatic heterocycles. The quantitative estimate of drug-likeness (QED) is 0.858. The van der Waals surface area contributed by atoms with E-state index in [1.807, 2.05) is 0 Å². The highest BCUT2D eigenvalue weighted by Crippen LogP contribution is 2.40. The molecular formula is C14H18FNO3. The lowest BCUT2D eigenvalue weighted by molar-refractivity contribution is -0.154. The molecule has 0 spiro atoms. The molecule has 1 aromatic carbocycles. The van der Waals surface area contributed by atoms with Crippen LogP contribution in [0, 0.1) is 11.2 Å². The van der Waals surface area contributed by atoms with E-state index in [0.29, 0.717) is 19.4 Å². The first-order valence-corrected chi connectivity index (χ1v) is 6.24. The van der Waals surface area contributed by atoms with Crippen molar-refractivity contribution < 1.29 is 19.0 Å². The van der Waals surface area contributed by atoms with E-state index in [9.17, 15) is 9.18 Å². The number of carboxylic acid groups (broad SMARTS) is 1. The predicted molar refractivity (Wildman–Crippen MR) is 68.6 cm³/mol. The first-order chi connectivity index (χ1) is 8.94. The molecule has 2 N–H and O–H groups in total. The summed E-state index contributed by atoms with van der Waals surface area (Å²) in [4.78, 5) is 10.9. The van der Waals surface area contributed by atoms with Gasteiger partial charge in [-0.1, -0.05) is 6.07 Å². The summed E-state index contributed by atoms with van der Waals surface area (Å²) in [6.07, 6.45) is 1.22. The predicted octanol–water partition coefficient (Wildman–Crippen LogP) is 2.18. The van der Waals surface area contributed by atoms with Crippen LogP contribution in [0.1, 0.15) is 25.3 Å². The molecule has 4 nitrogen and oxygen atoms in total. The minimum atomic E-state index is -0.749. The second-order valence-electron chi connectivity index (χ2n) is 5.32. The van der Waals surface area contributed by atoms with Crippen LogP contribution in [-0.2, 0) is 11.3 Å². The van der Waals surface area contributed by atoms with Crippen molar-refractivity contribution in [2.75, 3.05) is 7.11 Å². The number of hydrogen-bond donors (Lipinski definition) is 2. The summed E-state index contributed by atoms with van der Waals surface area (Å²) in [6, 6.07) is 5.01. The normalized spacial score (nSPS) is 25.7. The van der Waals surface area contributed by atoms with E-state index in [1.54, 1.807) is 19.1 Å². The summed E-state index contributed by atoms with van der Waals surface area (Å²) in [6.45, 7) is 2.28. The maximum atomic E-state index is 13.5. The van der Waals surface area contributed by atoms with Gasteiger partial charge in [0, 0.05) is 12.6 Å². The van der Waals surface area contributed by atoms with E-state index < -0.39 is 11.4 Å². The minimum absolute atomic E-state index is 0.186. The number of rotatable bonds is 5. The maximum Gasteiger partial charge on any atom is 0.309 e. The Morgan fingerprint density at radius 3 is 2.79 bits per heavy atom. The van der Waals surface area contributed by atoms with Gasteiger partial charge in [0.05, 0.1) is 12.5 Å². The largest absolute Gasteiger partial charge is 0.494 e. The Morgan fingerprint density at radius 1 is 1.58 bits per heavy atom. The van der Waals surface area contributed by atoms with Gasteiger partial charge in [-0.05, 0) is 37.5 Å². The Labute approximate surface area is 111 Å². The van der Waals surface area contributed by atoms with Crippen LogP contribution in [0.5, 0.6) is 5.75 Å². The molecule has 0 unspecified atom stereocenters. The second-order valence-corrected chi connectivity index (χ2v) is 5.32. The third-order valence-electron chi connectivity index (χ3n) is 3.72. The Morgan fingerprint density at radius 2 is 2.26 bits per heavy atom. The molecule has 0 aromatic heterocycles. The number of ether oxygens (including phenoxy) is 1. The third kappa shape index (κ3) is 2.87. The Hall–Kier alpha value is -1.62. The fourth-order valence-electron chi connectivity index (χ4n) is 2.43. The molecular weight excluding hydrogens is 249 g/mol. The zero-order chi connectivity index (χ0) is 14.0. The Balaban J connectivity index is 1.84. The van der Waals surface area contributed by atoms with Gasteiger partial charge in [-0.15, -0.1) is 0 Å². The fraction of sp³-hybridized carbons (Fsp3) is 0.500. The minimum Gasteiger partial charge on any atom is -0.494 e. The highest BCUT2D eigenvalue weighted by Gasteiger charge is 2.46. The van der Waals surface area contributed by atoms with Gasteiger partial charge in [0.25, 0.3) is 0 Å². The highest BCUT2D eigenvalue weighted by molar-refractivity contribution is 5.75. The van der Waals surface area contributed by atoms with Gasteiger partial charge in [0.15, 0.2) is 11.6 Å². The number of carbonyl (C=O) groups is 1. The average Bonchev–Trinajstić information content (AvgIpc) is 2.33. The molecule has 1 aromatic rings. The zero-order valence-electron chi connectivity index (χ0n) is 11.1. The average molecular weight is 267 g/mol. The van der Waals surface area contributed by atoms with Crippen molar-refractivity contribution in [3.05, 3.63) is 29.6 Å². The van der Waals surface area contributed by atoms with E-state index in [2.05, 4.69) is 5.32 Å². The Bertz CT molecular complexity index is 484. The molecule has 2 rings (SSSR count). The summed E-state index contributed by atoms with van der Waals surface area (Å²) >= 11 is 0. The van der Waals surface area contributed by atoms with Crippen molar-refractivity contribution in [1.82, 2.24) is 5.32 Å². The van der Waals surface area contributed by atoms with E-state index in [0.717, 1.165) is 5.56 Å². The number of carboxylic acids is 1. The molecule has 104 valence electrons. The molecule has 0 saturated heterocycles. The first-order valence-electron chi connectivity index (χ1n) is 6.24. The zero-order valence-corrected chi connectivity index (χ0v) is 11.1. The summed E-state index contributed by atoms with van der Waals surface area (Å²) in [5.74, 6) is -0.905. The lowest BCUT2D eigenvalue weighted by Crippen LogP contribution is -2.51. The van der Waals surface area contributed by atoms with Crippen LogP contribution in [0.3, 0.4) is 0 Å². The van der Waals surface area contributed by atoms with Gasteiger partial charge in [-0.3, -0.25) is 4.79 Å². The van der Waals surface area contributed by atoms with Crippen molar-refractivity contribution in [3.8, 4) is 5.75 Å². The van der Waals surface area contributed by atoms with Crippen molar-refractivity contribution in [1.29, 1.82) is 0 Å². The van der Waals surface area contributed by atoms with Crippen LogP contribution in [0.2, 0.25) is 0 Å². The molecule has 19 heavy (non-hydrogen) atoms. The molecule has 0 amide bonds. The number of hydrogen-bond acceptors (Lipinski definition) is 3. The molecule has 1 saturated carbocycles. The fourth-order valence-corrected chi connectivity index (χ4v) is 2.43. The summed E-state index contributed by atoms with van der Waals surface area (Å²) in [7, 11) is 1.43. The van der Waals surface area contributed by atoms with Crippen LogP contribution in [-0.4, -0.2) is 24.2 Å². The smallest absolute Gasteiger partial charge is 0.309 e. The van der Waals surface area contributed by atoms with Crippen LogP contribution in [0.25, 0.3) is 0 Å². The molecule has 0 radical (unpaired) electrons. The molecule has 1 aliphatic carbocycles.